The largest absolute Gasteiger partial charge is 0.481 e. The fourth-order valence-electron chi connectivity index (χ4n) is 22.0. The molecular weight excluding hydrogens is 1000 g/mol. The second-order valence-electron chi connectivity index (χ2n) is 29.3. The van der Waals surface area contributed by atoms with Crippen LogP contribution in [0.4, 0.5) is 0 Å². The molecule has 9 aliphatic carbocycles. The fraction of sp³-hybridized carbons (Fsp3) is 0.566. The highest BCUT2D eigenvalue weighted by molar-refractivity contribution is 5.78. The number of benzene rings is 3. The van der Waals surface area contributed by atoms with Crippen molar-refractivity contribution in [3.63, 3.8) is 0 Å². The van der Waals surface area contributed by atoms with Crippen molar-refractivity contribution in [1.29, 1.82) is 0 Å². The molecular formula is C76H94N2O4. The molecule has 6 heterocycles. The summed E-state index contributed by atoms with van der Waals surface area (Å²) in [7, 11) is 0. The van der Waals surface area contributed by atoms with Gasteiger partial charge < -0.3 is 26.0 Å². The number of aliphatic hydroxyl groups excluding tert-OH is 2. The van der Waals surface area contributed by atoms with Crippen LogP contribution in [0, 0.1) is 74.4 Å². The summed E-state index contributed by atoms with van der Waals surface area (Å²) in [6.45, 7) is 13.8. The zero-order chi connectivity index (χ0) is 56.2. The van der Waals surface area contributed by atoms with E-state index in [2.05, 4.69) is 141 Å². The molecule has 14 atom stereocenters. The Morgan fingerprint density at radius 2 is 1.70 bits per heavy atom. The Hall–Kier alpha value is -5.17. The van der Waals surface area contributed by atoms with Crippen molar-refractivity contribution in [3.8, 4) is 0 Å². The highest BCUT2D eigenvalue weighted by Crippen LogP contribution is 2.83. The van der Waals surface area contributed by atoms with Crippen LogP contribution < -0.4 is 21.1 Å². The number of carboxylic acid groups (broad SMARTS) is 1. The standard InChI is InChI=1S/C76H94N2O4/c1-5-6-8-17-49-18-13-19-50(36-49)37-52-39-57-42-64-65-45-74-33-16-32-72(3)67(80)31-34-76(64,71(72)74)63-41-55-23-11-12-25-59(55)61(62(63)44-74)40-51-20-14-24-54(38-51)56-28-30-68(78-47-56)77-35-15-26-58(53-21-9-7-10-22-53)48(2)27-29-60(70(81)82)69-66(79)46-75(65,43-52)73(57,69)4/h11-14,16,18-20,23-25,28,30,33,36,38,41,44,52-53,57-58,60,63,66-67,69,71,77-80H,2,5-10,15,17,21-22,26-27,29,31-32,34-35,37,39-40,42-43,45-47H2,1,3-4H3,(H,81,82). The molecule has 15 bridgehead atoms. The van der Waals surface area contributed by atoms with Crippen molar-refractivity contribution in [1.82, 2.24) is 10.6 Å². The highest BCUT2D eigenvalue weighted by Gasteiger charge is 2.77. The third-order valence-electron chi connectivity index (χ3n) is 25.3. The second-order valence-corrected chi connectivity index (χ2v) is 29.3. The number of unbranched alkanes of at least 4 members (excludes halogenated alkanes) is 2. The average molecular weight is 1100 g/mol. The van der Waals surface area contributed by atoms with Gasteiger partial charge in [0.2, 0.25) is 0 Å². The van der Waals surface area contributed by atoms with Crippen LogP contribution in [0.1, 0.15) is 171 Å². The Morgan fingerprint density at radius 1 is 0.854 bits per heavy atom. The van der Waals surface area contributed by atoms with E-state index in [-0.39, 0.29) is 45.3 Å². The summed E-state index contributed by atoms with van der Waals surface area (Å²) in [6, 6.07) is 28.1. The summed E-state index contributed by atoms with van der Waals surface area (Å²) in [6.07, 6.45) is 37.3. The van der Waals surface area contributed by atoms with Gasteiger partial charge in [0, 0.05) is 46.6 Å². The molecule has 18 rings (SSSR count). The third-order valence-corrected chi connectivity index (χ3v) is 25.3. The number of carboxylic acids is 1. The van der Waals surface area contributed by atoms with Crippen LogP contribution in [0.2, 0.25) is 0 Å². The first-order valence-corrected chi connectivity index (χ1v) is 33.0. The van der Waals surface area contributed by atoms with E-state index in [1.165, 1.54) is 106 Å². The molecule has 6 heteroatoms. The summed E-state index contributed by atoms with van der Waals surface area (Å²) in [4.78, 5) is 14.5. The minimum atomic E-state index is -0.733. The highest BCUT2D eigenvalue weighted by atomic mass is 16.4. The molecule has 4 fully saturated rings. The van der Waals surface area contributed by atoms with Crippen molar-refractivity contribution in [2.45, 2.75) is 181 Å². The number of rotatable bonds is 8. The number of allylic oxidation sites excluding steroid dienone is 9. The topological polar surface area (TPSA) is 102 Å². The van der Waals surface area contributed by atoms with Gasteiger partial charge in [-0.25, -0.2) is 0 Å². The first-order chi connectivity index (χ1) is 39.8. The molecule has 4 saturated carbocycles. The fourth-order valence-corrected chi connectivity index (χ4v) is 22.0. The van der Waals surface area contributed by atoms with Crippen LogP contribution in [-0.4, -0.2) is 46.6 Å². The molecule has 0 saturated heterocycles. The molecule has 82 heavy (non-hydrogen) atoms. The Labute approximate surface area is 490 Å². The van der Waals surface area contributed by atoms with Crippen molar-refractivity contribution in [2.24, 2.45) is 74.4 Å². The predicted molar refractivity (Wildman–Crippen MR) is 332 cm³/mol. The molecule has 2 spiro atoms. The smallest absolute Gasteiger partial charge is 0.306 e. The number of nitrogens with one attached hydrogen (secondary N) is 2. The van der Waals surface area contributed by atoms with Crippen LogP contribution >= 0.6 is 0 Å². The normalized spacial score (nSPS) is 38.4. The molecule has 0 aromatic heterocycles. The maximum atomic E-state index is 14.5. The number of aryl methyl sites for hydroxylation is 1. The third kappa shape index (κ3) is 8.60. The summed E-state index contributed by atoms with van der Waals surface area (Å²) in [5, 5.41) is 48.1. The van der Waals surface area contributed by atoms with E-state index >= 15 is 0 Å². The van der Waals surface area contributed by atoms with Crippen molar-refractivity contribution in [2.75, 3.05) is 13.1 Å². The van der Waals surface area contributed by atoms with Gasteiger partial charge in [0.1, 0.15) is 0 Å². The lowest BCUT2D eigenvalue weighted by Crippen LogP contribution is -2.69. The number of hydrogen-bond acceptors (Lipinski definition) is 5. The van der Waals surface area contributed by atoms with Crippen LogP contribution in [0.5, 0.6) is 0 Å². The molecule has 432 valence electrons. The Kier molecular flexibility index (Phi) is 14.1. The summed E-state index contributed by atoms with van der Waals surface area (Å²) in [5.41, 5.74) is 12.5. The Balaban J connectivity index is 0.952. The Bertz CT molecular complexity index is 3330. The van der Waals surface area contributed by atoms with Crippen LogP contribution in [-0.2, 0) is 24.1 Å². The quantitative estimate of drug-likeness (QED) is 0.114. The number of hydrogen-bond donors (Lipinski definition) is 5. The lowest BCUT2D eigenvalue weighted by molar-refractivity contribution is -0.172. The van der Waals surface area contributed by atoms with Gasteiger partial charge in [-0.3, -0.25) is 4.79 Å². The molecule has 14 unspecified atom stereocenters. The number of fused-ring (bicyclic) bond motifs is 1. The Morgan fingerprint density at radius 3 is 2.52 bits per heavy atom. The van der Waals surface area contributed by atoms with Crippen molar-refractivity contribution in [3.05, 3.63) is 171 Å². The first kappa shape index (κ1) is 54.7. The van der Waals surface area contributed by atoms with E-state index < -0.39 is 29.5 Å². The minimum Gasteiger partial charge on any atom is -0.481 e. The van der Waals surface area contributed by atoms with Gasteiger partial charge in [0.25, 0.3) is 0 Å². The van der Waals surface area contributed by atoms with E-state index in [9.17, 15) is 20.1 Å². The summed E-state index contributed by atoms with van der Waals surface area (Å²) in [5.74, 6) is 1.18. The minimum absolute atomic E-state index is 0.118. The van der Waals surface area contributed by atoms with Gasteiger partial charge in [-0.2, -0.15) is 0 Å². The van der Waals surface area contributed by atoms with Crippen molar-refractivity contribution < 1.29 is 20.1 Å². The van der Waals surface area contributed by atoms with Gasteiger partial charge in [0.05, 0.1) is 23.9 Å². The maximum absolute atomic E-state index is 14.5. The lowest BCUT2D eigenvalue weighted by atomic mass is 9.29. The van der Waals surface area contributed by atoms with Crippen LogP contribution in [0.3, 0.4) is 0 Å². The maximum Gasteiger partial charge on any atom is 0.306 e. The van der Waals surface area contributed by atoms with E-state index in [1.807, 2.05) is 0 Å². The zero-order valence-corrected chi connectivity index (χ0v) is 49.8. The van der Waals surface area contributed by atoms with E-state index in [0.717, 1.165) is 96.0 Å². The summed E-state index contributed by atoms with van der Waals surface area (Å²) < 4.78 is 0. The molecule has 3 aromatic rings. The molecule has 3 aromatic carbocycles. The van der Waals surface area contributed by atoms with E-state index in [4.69, 9.17) is 6.58 Å². The van der Waals surface area contributed by atoms with Crippen LogP contribution in [0.25, 0.3) is 17.2 Å². The van der Waals surface area contributed by atoms with E-state index in [1.54, 1.807) is 11.1 Å². The van der Waals surface area contributed by atoms with Crippen LogP contribution in [0.15, 0.2) is 138 Å². The van der Waals surface area contributed by atoms with Gasteiger partial charge in [-0.15, -0.1) is 0 Å². The molecule has 6 aliphatic heterocycles. The second kappa shape index (κ2) is 21.1. The van der Waals surface area contributed by atoms with Gasteiger partial charge in [-0.1, -0.05) is 179 Å². The predicted octanol–water partition coefficient (Wildman–Crippen LogP) is 14.1. The van der Waals surface area contributed by atoms with Gasteiger partial charge in [-0.05, 0) is 206 Å². The molecule has 5 N–H and O–H groups in total. The zero-order valence-electron chi connectivity index (χ0n) is 49.8. The monoisotopic (exact) mass is 1100 g/mol. The number of dihydropyridines is 1. The summed E-state index contributed by atoms with van der Waals surface area (Å²) >= 11 is 0. The van der Waals surface area contributed by atoms with Crippen molar-refractivity contribution >= 4 is 23.2 Å². The number of carbonyl (C=O) groups is 1. The first-order valence-electron chi connectivity index (χ1n) is 33.0. The van der Waals surface area contributed by atoms with Gasteiger partial charge >= 0.3 is 5.97 Å². The number of aliphatic carboxylic acids is 1. The average Bonchev–Trinajstić information content (AvgIpc) is 1.11. The molecule has 6 nitrogen and oxygen atoms in total. The molecule has 0 radical (unpaired) electrons. The number of aliphatic hydroxyl groups is 2. The molecule has 0 amide bonds. The molecule has 15 aliphatic rings. The SMILES string of the molecule is C=C1CCC(C(=O)O)C2C(O)CC34CC(Cc5cccc(CCCCC)c5)CC(CC5=C3CC36C=CCC7(C)C(O)CCC5(C5C=c8ccccc8=C(Cc8cccc(c8)C8=CC=C(NCCCC1C1CCCCC1)NC8)C5=C3)C67)C24C. The van der Waals surface area contributed by atoms with Gasteiger partial charge in [0.15, 0.2) is 0 Å². The lowest BCUT2D eigenvalue weighted by Gasteiger charge is -2.74. The van der Waals surface area contributed by atoms with E-state index in [0.29, 0.717) is 37.0 Å².